The molecular formula is C55H54N2. The quantitative estimate of drug-likeness (QED) is 0.202. The van der Waals surface area contributed by atoms with Crippen LogP contribution in [0.1, 0.15) is 111 Å². The second-order valence-electron chi connectivity index (χ2n) is 18.5. The summed E-state index contributed by atoms with van der Waals surface area (Å²) < 4.78 is 0. The molecule has 1 aliphatic heterocycles. The van der Waals surface area contributed by atoms with Gasteiger partial charge in [-0.1, -0.05) is 189 Å². The molecule has 1 spiro atoms. The molecule has 1 saturated carbocycles. The molecule has 11 rings (SSSR count). The zero-order valence-electron chi connectivity index (χ0n) is 33.6. The molecule has 5 atom stereocenters. The number of allylic oxidation sites excluding steroid dienone is 9. The Balaban J connectivity index is 0.933. The number of benzene rings is 4. The van der Waals surface area contributed by atoms with Crippen molar-refractivity contribution in [2.45, 2.75) is 94.9 Å². The van der Waals surface area contributed by atoms with Crippen molar-refractivity contribution in [3.63, 3.8) is 0 Å². The predicted molar refractivity (Wildman–Crippen MR) is 237 cm³/mol. The van der Waals surface area contributed by atoms with Gasteiger partial charge in [-0.25, -0.2) is 0 Å². The van der Waals surface area contributed by atoms with Crippen LogP contribution in [0.3, 0.4) is 0 Å². The fraction of sp³-hybridized carbons (Fsp3) is 0.327. The van der Waals surface area contributed by atoms with Gasteiger partial charge in [-0.05, 0) is 101 Å². The molecule has 1 heterocycles. The van der Waals surface area contributed by atoms with Gasteiger partial charge in [0.1, 0.15) is 5.84 Å². The van der Waals surface area contributed by atoms with Crippen LogP contribution < -0.4 is 5.32 Å². The minimum absolute atomic E-state index is 0.0454. The van der Waals surface area contributed by atoms with Gasteiger partial charge in [0.15, 0.2) is 0 Å². The maximum absolute atomic E-state index is 5.44. The Labute approximate surface area is 339 Å². The van der Waals surface area contributed by atoms with Gasteiger partial charge in [0.05, 0.1) is 6.04 Å². The molecule has 6 aliphatic carbocycles. The van der Waals surface area contributed by atoms with Gasteiger partial charge in [0.2, 0.25) is 0 Å². The normalized spacial score (nSPS) is 27.6. The highest BCUT2D eigenvalue weighted by Crippen LogP contribution is 2.69. The number of aliphatic imine (C=N–C) groups is 1. The molecular weight excluding hydrogens is 689 g/mol. The lowest BCUT2D eigenvalue weighted by molar-refractivity contribution is 0.249. The van der Waals surface area contributed by atoms with Crippen LogP contribution in [-0.2, 0) is 5.41 Å². The van der Waals surface area contributed by atoms with Crippen molar-refractivity contribution < 1.29 is 0 Å². The summed E-state index contributed by atoms with van der Waals surface area (Å²) in [4.78, 5) is 5.44. The number of nitrogens with one attached hydrogen (secondary N) is 1. The van der Waals surface area contributed by atoms with E-state index in [2.05, 4.69) is 165 Å². The number of amidine groups is 1. The Morgan fingerprint density at radius 2 is 1.42 bits per heavy atom. The van der Waals surface area contributed by atoms with Crippen LogP contribution in [0.15, 0.2) is 173 Å². The van der Waals surface area contributed by atoms with Crippen LogP contribution in [0.5, 0.6) is 0 Å². The summed E-state index contributed by atoms with van der Waals surface area (Å²) in [7, 11) is 0. The highest BCUT2D eigenvalue weighted by Gasteiger charge is 2.57. The fourth-order valence-corrected chi connectivity index (χ4v) is 12.6. The van der Waals surface area contributed by atoms with E-state index in [-0.39, 0.29) is 11.5 Å². The van der Waals surface area contributed by atoms with Crippen molar-refractivity contribution in [1.29, 1.82) is 0 Å². The number of hydrogen-bond donors (Lipinski definition) is 1. The Hall–Kier alpha value is -5.21. The molecule has 4 aromatic rings. The molecule has 0 aromatic heterocycles. The second-order valence-corrected chi connectivity index (χ2v) is 18.5. The van der Waals surface area contributed by atoms with Crippen LogP contribution in [0.2, 0.25) is 0 Å². The first kappa shape index (κ1) is 35.0. The van der Waals surface area contributed by atoms with Crippen molar-refractivity contribution in [3.8, 4) is 11.1 Å². The van der Waals surface area contributed by atoms with Gasteiger partial charge in [0, 0.05) is 28.5 Å². The van der Waals surface area contributed by atoms with E-state index >= 15 is 0 Å². The molecule has 0 radical (unpaired) electrons. The summed E-state index contributed by atoms with van der Waals surface area (Å²) in [6.07, 6.45) is 28.6. The maximum Gasteiger partial charge on any atom is 0.133 e. The third-order valence-electron chi connectivity index (χ3n) is 15.4. The molecule has 7 aliphatic rings. The minimum atomic E-state index is -0.0454. The van der Waals surface area contributed by atoms with Crippen LogP contribution >= 0.6 is 0 Å². The standard InChI is InChI=1S/C55H54N2/c1-54(2)47-25-15-23-42(52(47)45-34-49-44(33-48(45)54)43-22-10-11-24-46(43)55(49)30-12-5-13-31-55)40-20-14-21-41(32-40)51-35-50(56-53(57-51)39-18-8-4-9-19-39)38-28-26-37(27-29-38)36-16-6-3-7-17-36/h3-4,6-11,14-21,23-29,35,40,43,45,48,51H,5,12-13,22,30-34H2,1-2H3,(H,56,57). The summed E-state index contributed by atoms with van der Waals surface area (Å²) in [6, 6.07) is 37.6. The van der Waals surface area contributed by atoms with E-state index in [0.29, 0.717) is 29.1 Å². The van der Waals surface area contributed by atoms with Gasteiger partial charge >= 0.3 is 0 Å². The average molecular weight is 743 g/mol. The molecule has 2 heteroatoms. The second kappa shape index (κ2) is 13.7. The Morgan fingerprint density at radius 3 is 2.21 bits per heavy atom. The first-order valence-corrected chi connectivity index (χ1v) is 21.9. The number of nitrogens with zero attached hydrogens (tertiary/aromatic N) is 1. The first-order valence-electron chi connectivity index (χ1n) is 21.9. The fourth-order valence-electron chi connectivity index (χ4n) is 12.6. The van der Waals surface area contributed by atoms with Crippen molar-refractivity contribution in [1.82, 2.24) is 5.32 Å². The molecule has 5 unspecified atom stereocenters. The van der Waals surface area contributed by atoms with Gasteiger partial charge < -0.3 is 5.32 Å². The Morgan fingerprint density at radius 1 is 0.684 bits per heavy atom. The van der Waals surface area contributed by atoms with E-state index in [1.54, 1.807) is 22.3 Å². The van der Waals surface area contributed by atoms with E-state index in [4.69, 9.17) is 4.99 Å². The van der Waals surface area contributed by atoms with E-state index in [9.17, 15) is 0 Å². The molecule has 4 aromatic carbocycles. The van der Waals surface area contributed by atoms with Gasteiger partial charge in [-0.15, -0.1) is 0 Å². The monoisotopic (exact) mass is 742 g/mol. The van der Waals surface area contributed by atoms with Crippen molar-refractivity contribution in [3.05, 3.63) is 196 Å². The zero-order chi connectivity index (χ0) is 38.1. The highest BCUT2D eigenvalue weighted by atomic mass is 15.0. The summed E-state index contributed by atoms with van der Waals surface area (Å²) >= 11 is 0. The molecule has 1 N–H and O–H groups in total. The lowest BCUT2D eigenvalue weighted by Gasteiger charge is -2.43. The summed E-state index contributed by atoms with van der Waals surface area (Å²) in [5, 5.41) is 3.75. The molecule has 284 valence electrons. The Bertz CT molecular complexity index is 2440. The van der Waals surface area contributed by atoms with E-state index in [1.807, 2.05) is 11.1 Å². The SMILES string of the molecule is CC1(C)c2cccc(C3C=CC=C(C4C=C(c5ccc(-c6ccccc6)cc5)NC(c5ccccc5)=N4)C3)c2C2CC3=C(CC21)C1CC=CC=C1C31CCCCC1. The van der Waals surface area contributed by atoms with Crippen LogP contribution in [0.4, 0.5) is 0 Å². The van der Waals surface area contributed by atoms with Gasteiger partial charge in [-0.2, -0.15) is 0 Å². The van der Waals surface area contributed by atoms with Crippen molar-refractivity contribution in [2.75, 3.05) is 0 Å². The van der Waals surface area contributed by atoms with Crippen LogP contribution in [0.25, 0.3) is 16.8 Å². The molecule has 0 saturated heterocycles. The summed E-state index contributed by atoms with van der Waals surface area (Å²) in [5.41, 5.74) is 18.2. The topological polar surface area (TPSA) is 24.4 Å². The van der Waals surface area contributed by atoms with Crippen molar-refractivity contribution >= 4 is 11.5 Å². The largest absolute Gasteiger partial charge is 0.340 e. The minimum Gasteiger partial charge on any atom is -0.340 e. The predicted octanol–water partition coefficient (Wildman–Crippen LogP) is 13.3. The van der Waals surface area contributed by atoms with Gasteiger partial charge in [-0.3, -0.25) is 4.99 Å². The third kappa shape index (κ3) is 5.69. The molecule has 57 heavy (non-hydrogen) atoms. The Kier molecular flexibility index (Phi) is 8.42. The number of hydrogen-bond acceptors (Lipinski definition) is 2. The lowest BCUT2D eigenvalue weighted by Crippen LogP contribution is -2.32. The molecule has 0 amide bonds. The van der Waals surface area contributed by atoms with Crippen LogP contribution in [-0.4, -0.2) is 11.9 Å². The van der Waals surface area contributed by atoms with Gasteiger partial charge in [0.25, 0.3) is 0 Å². The van der Waals surface area contributed by atoms with Crippen molar-refractivity contribution in [2.24, 2.45) is 22.2 Å². The smallest absolute Gasteiger partial charge is 0.133 e. The molecule has 1 fully saturated rings. The molecule has 2 nitrogen and oxygen atoms in total. The van der Waals surface area contributed by atoms with Crippen LogP contribution in [0, 0.1) is 17.3 Å². The van der Waals surface area contributed by atoms with E-state index in [1.165, 1.54) is 73.6 Å². The average Bonchev–Trinajstić information content (AvgIpc) is 3.67. The summed E-state index contributed by atoms with van der Waals surface area (Å²) in [5.74, 6) is 3.17. The molecule has 0 bridgehead atoms. The first-order chi connectivity index (χ1) is 28.0. The third-order valence-corrected chi connectivity index (χ3v) is 15.4. The number of rotatable bonds is 5. The zero-order valence-corrected chi connectivity index (χ0v) is 33.6. The van der Waals surface area contributed by atoms with E-state index in [0.717, 1.165) is 23.5 Å². The lowest BCUT2D eigenvalue weighted by atomic mass is 9.61. The van der Waals surface area contributed by atoms with E-state index < -0.39 is 0 Å². The summed E-state index contributed by atoms with van der Waals surface area (Å²) in [6.45, 7) is 5.15. The highest BCUT2D eigenvalue weighted by molar-refractivity contribution is 6.05. The maximum atomic E-state index is 5.44. The number of fused-ring (bicyclic) bond motifs is 7.